The fourth-order valence-corrected chi connectivity index (χ4v) is 10.2. The van der Waals surface area contributed by atoms with Crippen LogP contribution in [0.4, 0.5) is 0 Å². The molecule has 0 spiro atoms. The number of carbonyl (C=O) groups is 10. The van der Waals surface area contributed by atoms with Crippen LogP contribution < -0.4 is 76.5 Å². The lowest BCUT2D eigenvalue weighted by Gasteiger charge is -2.30. The number of aromatic nitrogens is 2. The highest BCUT2D eigenvalue weighted by molar-refractivity contribution is 5.98. The van der Waals surface area contributed by atoms with Crippen molar-refractivity contribution < 1.29 is 63.3 Å². The summed E-state index contributed by atoms with van der Waals surface area (Å²) < 4.78 is 0. The van der Waals surface area contributed by atoms with Crippen molar-refractivity contribution in [1.29, 1.82) is 0 Å². The average molecular weight is 1220 g/mol. The zero-order valence-electron chi connectivity index (χ0n) is 50.2. The van der Waals surface area contributed by atoms with Gasteiger partial charge in [0.1, 0.15) is 48.3 Å². The molecule has 3 rings (SSSR count). The molecule has 0 aliphatic heterocycles. The SMILES string of the molecule is CCC(C)[C@H](NC(=O)[C@H](CCCN=C(N)N)NC(=O)CNC(=O)[C@@H](NC(=O)[C@@H](NC(=O)[C@H](Cc1cnc[nH]1)NC(=O)[C@H](CC1CCCCC1)NC(=O)[C@H](C)NC(=O)[C@@H](N)CCCN=C(N)N)[C@@H](C)O)[C@@H](C)O)C(=O)N[C@@H](CC1CCCCC1)C(=O)O. The van der Waals surface area contributed by atoms with Crippen LogP contribution in [0.5, 0.6) is 0 Å². The number of carboxylic acids is 1. The number of hydrogen-bond acceptors (Lipinski definition) is 16. The van der Waals surface area contributed by atoms with Crippen molar-refractivity contribution in [3.05, 3.63) is 18.2 Å². The van der Waals surface area contributed by atoms with Gasteiger partial charge in [-0.3, -0.25) is 53.1 Å². The fourth-order valence-electron chi connectivity index (χ4n) is 10.2. The van der Waals surface area contributed by atoms with E-state index in [-0.39, 0.29) is 75.4 Å². The van der Waals surface area contributed by atoms with Crippen LogP contribution in [0.2, 0.25) is 0 Å². The highest BCUT2D eigenvalue weighted by Crippen LogP contribution is 2.29. The van der Waals surface area contributed by atoms with Gasteiger partial charge in [0.05, 0.1) is 31.1 Å². The summed E-state index contributed by atoms with van der Waals surface area (Å²) in [7, 11) is 0. The zero-order chi connectivity index (χ0) is 64.0. The minimum atomic E-state index is -1.83. The summed E-state index contributed by atoms with van der Waals surface area (Å²) in [6, 6.07) is -12.2. The Labute approximate surface area is 501 Å². The van der Waals surface area contributed by atoms with Gasteiger partial charge in [-0.15, -0.1) is 0 Å². The van der Waals surface area contributed by atoms with Crippen LogP contribution in [0.15, 0.2) is 22.5 Å². The van der Waals surface area contributed by atoms with Crippen LogP contribution in [-0.4, -0.2) is 183 Å². The van der Waals surface area contributed by atoms with Gasteiger partial charge in [-0.2, -0.15) is 0 Å². The molecule has 1 unspecified atom stereocenters. The first kappa shape index (κ1) is 72.6. The number of aliphatic carboxylic acids is 1. The van der Waals surface area contributed by atoms with E-state index < -0.39 is 138 Å². The van der Waals surface area contributed by atoms with Crippen molar-refractivity contribution in [3.63, 3.8) is 0 Å². The third kappa shape index (κ3) is 26.3. The maximum Gasteiger partial charge on any atom is 0.326 e. The first-order valence-corrected chi connectivity index (χ1v) is 29.8. The van der Waals surface area contributed by atoms with E-state index in [0.717, 1.165) is 78.1 Å². The van der Waals surface area contributed by atoms with E-state index in [1.165, 1.54) is 19.4 Å². The number of nitrogens with one attached hydrogen (secondary N) is 10. The minimum Gasteiger partial charge on any atom is -0.480 e. The molecule has 23 N–H and O–H groups in total. The van der Waals surface area contributed by atoms with Crippen molar-refractivity contribution in [1.82, 2.24) is 57.8 Å². The molecule has 2 aliphatic carbocycles. The normalized spacial score (nSPS) is 17.9. The molecule has 12 atom stereocenters. The van der Waals surface area contributed by atoms with Crippen LogP contribution in [-0.2, 0) is 54.4 Å². The minimum absolute atomic E-state index is 0.0165. The van der Waals surface area contributed by atoms with Crippen molar-refractivity contribution in [2.75, 3.05) is 19.6 Å². The van der Waals surface area contributed by atoms with Crippen LogP contribution in [0.3, 0.4) is 0 Å². The van der Waals surface area contributed by atoms with Gasteiger partial charge in [-0.1, -0.05) is 84.5 Å². The number of aliphatic imine (C=N–C) groups is 2. The lowest BCUT2D eigenvalue weighted by Crippen LogP contribution is -2.63. The van der Waals surface area contributed by atoms with Crippen LogP contribution >= 0.6 is 0 Å². The third-order valence-corrected chi connectivity index (χ3v) is 15.4. The molecule has 86 heavy (non-hydrogen) atoms. The van der Waals surface area contributed by atoms with Crippen molar-refractivity contribution in [2.45, 2.75) is 217 Å². The summed E-state index contributed by atoms with van der Waals surface area (Å²) in [5.74, 6) is -9.74. The number of rotatable bonds is 37. The van der Waals surface area contributed by atoms with E-state index in [0.29, 0.717) is 18.5 Å². The molecule has 31 nitrogen and oxygen atoms in total. The number of imidazole rings is 1. The molecule has 2 aliphatic rings. The number of nitrogens with zero attached hydrogens (tertiary/aromatic N) is 3. The van der Waals surface area contributed by atoms with E-state index in [2.05, 4.69) is 67.8 Å². The summed E-state index contributed by atoms with van der Waals surface area (Å²) in [5, 5.41) is 54.5. The van der Waals surface area contributed by atoms with Crippen molar-refractivity contribution in [3.8, 4) is 0 Å². The number of hydrogen-bond donors (Lipinski definition) is 18. The maximum atomic E-state index is 14.3. The van der Waals surface area contributed by atoms with Crippen molar-refractivity contribution >= 4 is 71.1 Å². The fraction of sp³-hybridized carbons (Fsp3) is 0.727. The highest BCUT2D eigenvalue weighted by Gasteiger charge is 2.38. The maximum absolute atomic E-state index is 14.3. The Balaban J connectivity index is 1.76. The van der Waals surface area contributed by atoms with E-state index in [9.17, 15) is 63.3 Å². The number of aromatic amines is 1. The van der Waals surface area contributed by atoms with Gasteiger partial charge in [0.2, 0.25) is 53.2 Å². The summed E-state index contributed by atoms with van der Waals surface area (Å²) in [4.78, 5) is 151. The Morgan fingerprint density at radius 1 is 0.581 bits per heavy atom. The predicted octanol–water partition coefficient (Wildman–Crippen LogP) is -3.77. The van der Waals surface area contributed by atoms with Gasteiger partial charge >= 0.3 is 5.97 Å². The molecular formula is C55H96N18O13. The molecule has 0 bridgehead atoms. The molecule has 2 fully saturated rings. The second kappa shape index (κ2) is 37.7. The number of H-pyrrole nitrogens is 1. The second-order valence-electron chi connectivity index (χ2n) is 22.7. The molecule has 0 saturated heterocycles. The number of aliphatic hydroxyl groups is 2. The first-order valence-electron chi connectivity index (χ1n) is 29.8. The van der Waals surface area contributed by atoms with Crippen LogP contribution in [0, 0.1) is 17.8 Å². The largest absolute Gasteiger partial charge is 0.480 e. The lowest BCUT2D eigenvalue weighted by atomic mass is 9.84. The molecule has 0 radical (unpaired) electrons. The monoisotopic (exact) mass is 1220 g/mol. The predicted molar refractivity (Wildman–Crippen MR) is 317 cm³/mol. The summed E-state index contributed by atoms with van der Waals surface area (Å²) in [6.45, 7) is 6.69. The van der Waals surface area contributed by atoms with Gasteiger partial charge in [-0.05, 0) is 77.0 Å². The smallest absolute Gasteiger partial charge is 0.326 e. The number of carboxylic acid groups (broad SMARTS) is 1. The van der Waals surface area contributed by atoms with Gasteiger partial charge in [0.25, 0.3) is 0 Å². The van der Waals surface area contributed by atoms with Crippen LogP contribution in [0.25, 0.3) is 0 Å². The zero-order valence-corrected chi connectivity index (χ0v) is 50.2. The molecule has 1 heterocycles. The number of carbonyl (C=O) groups excluding carboxylic acids is 9. The molecule has 484 valence electrons. The Morgan fingerprint density at radius 2 is 1.06 bits per heavy atom. The van der Waals surface area contributed by atoms with E-state index in [4.69, 9.17) is 28.7 Å². The molecule has 2 saturated carbocycles. The van der Waals surface area contributed by atoms with E-state index >= 15 is 0 Å². The number of aliphatic hydroxyl groups excluding tert-OH is 2. The number of amides is 9. The topological polar surface area (TPSA) is 523 Å². The summed E-state index contributed by atoms with van der Waals surface area (Å²) >= 11 is 0. The molecule has 0 aromatic carbocycles. The molecule has 31 heteroatoms. The van der Waals surface area contributed by atoms with Gasteiger partial charge < -0.3 is 96.8 Å². The van der Waals surface area contributed by atoms with E-state index in [1.54, 1.807) is 13.8 Å². The molecule has 9 amide bonds. The number of nitrogens with two attached hydrogens (primary N) is 5. The van der Waals surface area contributed by atoms with Gasteiger partial charge in [-0.25, -0.2) is 9.78 Å². The third-order valence-electron chi connectivity index (χ3n) is 15.4. The second-order valence-corrected chi connectivity index (χ2v) is 22.7. The average Bonchev–Trinajstić information content (AvgIpc) is 3.52. The van der Waals surface area contributed by atoms with Gasteiger partial charge in [0.15, 0.2) is 11.9 Å². The van der Waals surface area contributed by atoms with Gasteiger partial charge in [0, 0.05) is 31.4 Å². The lowest BCUT2D eigenvalue weighted by molar-refractivity contribution is -0.143. The molecular weight excluding hydrogens is 1120 g/mol. The Morgan fingerprint density at radius 3 is 1.58 bits per heavy atom. The highest BCUT2D eigenvalue weighted by atomic mass is 16.4. The summed E-state index contributed by atoms with van der Waals surface area (Å²) in [6.07, 6.45) is 9.67. The van der Waals surface area contributed by atoms with Crippen LogP contribution in [0.1, 0.15) is 149 Å². The van der Waals surface area contributed by atoms with E-state index in [1.807, 2.05) is 0 Å². The molecule has 1 aromatic rings. The van der Waals surface area contributed by atoms with Crippen molar-refractivity contribution in [2.24, 2.45) is 56.4 Å². The Hall–Kier alpha value is -7.67. The summed E-state index contributed by atoms with van der Waals surface area (Å²) in [5.41, 5.74) is 28.1. The standard InChI is InChI=1S/C55H96N18O13/c1-6-29(2)42(51(83)70-40(53(85)86)24-34-17-11-8-12-18-34)71-47(79)37(20-14-22-63-55(59)60)67-41(76)27-64-50(82)43(31(4)74)73-52(84)44(32(5)75)72-49(81)39(25-35-26-61-28-65-35)69-48(80)38(23-33-15-9-7-10-16-33)68-45(77)30(3)66-46(78)36(56)19-13-21-62-54(57)58/h26,28-34,36-40,42-44,74-75H,6-25,27,56H2,1-5H3,(H,61,65)(H,64,82)(H,66,78)(H,67,76)(H,68,77)(H,69,80)(H,70,83)(H,71,79)(H,72,81)(H,73,84)(H,85,86)(H4,57,58,62)(H4,59,60,63)/t29?,30-,31+,32+,36-,37-,38-,39-,40-,42-,43-,44-/m0/s1. The Bertz CT molecular complexity index is 2430. The quantitative estimate of drug-likeness (QED) is 0.0173. The first-order chi connectivity index (χ1) is 40.7. The Kier molecular flexibility index (Phi) is 31.8. The molecule has 1 aromatic heterocycles. The number of guanidine groups is 2.